The maximum absolute atomic E-state index is 9.23. The van der Waals surface area contributed by atoms with Crippen molar-refractivity contribution in [2.24, 2.45) is 0 Å². The molecule has 0 amide bonds. The number of hydrogen-bond donors (Lipinski definition) is 1. The van der Waals surface area contributed by atoms with Crippen LogP contribution in [0.5, 0.6) is 0 Å². The molecule has 0 unspecified atom stereocenters. The largest absolute Gasteiger partial charge is 0.390 e. The Morgan fingerprint density at radius 2 is 2.11 bits per heavy atom. The minimum Gasteiger partial charge on any atom is -0.390 e. The van der Waals surface area contributed by atoms with E-state index < -0.39 is 0 Å². The van der Waals surface area contributed by atoms with Crippen LogP contribution in [0, 0.1) is 6.92 Å². The fourth-order valence-corrected chi connectivity index (χ4v) is 2.12. The first kappa shape index (κ1) is 13.1. The molecule has 0 bridgehead atoms. The lowest BCUT2D eigenvalue weighted by Gasteiger charge is -2.13. The van der Waals surface area contributed by atoms with Crippen molar-refractivity contribution < 1.29 is 5.11 Å². The molecule has 2 aromatic rings. The number of nitrogens with zero attached hydrogens (tertiary/aromatic N) is 2. The summed E-state index contributed by atoms with van der Waals surface area (Å²) in [6, 6.07) is 7.70. The van der Waals surface area contributed by atoms with E-state index >= 15 is 0 Å². The summed E-state index contributed by atoms with van der Waals surface area (Å²) < 4.78 is 1.87. The predicted molar refractivity (Wildman–Crippen MR) is 73.3 cm³/mol. The number of rotatable bonds is 3. The molecule has 0 fully saturated rings. The lowest BCUT2D eigenvalue weighted by Crippen LogP contribution is -2.05. The minimum atomic E-state index is -0.0493. The second-order valence-electron chi connectivity index (χ2n) is 4.67. The molecular weight excluding hydrogens is 248 g/mol. The van der Waals surface area contributed by atoms with E-state index in [2.05, 4.69) is 18.9 Å². The molecule has 18 heavy (non-hydrogen) atoms. The highest BCUT2D eigenvalue weighted by Crippen LogP contribution is 2.26. The second kappa shape index (κ2) is 5.12. The van der Waals surface area contributed by atoms with Gasteiger partial charge < -0.3 is 5.11 Å². The van der Waals surface area contributed by atoms with Crippen LogP contribution >= 0.6 is 11.6 Å². The fraction of sp³-hybridized carbons (Fsp3) is 0.357. The summed E-state index contributed by atoms with van der Waals surface area (Å²) in [5, 5.41) is 14.4. The third-order valence-electron chi connectivity index (χ3n) is 3.01. The summed E-state index contributed by atoms with van der Waals surface area (Å²) in [7, 11) is 0. The molecule has 0 radical (unpaired) electrons. The van der Waals surface area contributed by atoms with Crippen molar-refractivity contribution in [2.75, 3.05) is 0 Å². The number of aliphatic hydroxyl groups is 1. The van der Waals surface area contributed by atoms with Crippen molar-refractivity contribution in [1.82, 2.24) is 9.78 Å². The molecule has 0 atom stereocenters. The van der Waals surface area contributed by atoms with Crippen LogP contribution in [0.15, 0.2) is 24.3 Å². The Labute approximate surface area is 112 Å². The molecular formula is C14H17ClN2O. The summed E-state index contributed by atoms with van der Waals surface area (Å²) in [5.41, 5.74) is 3.71. The summed E-state index contributed by atoms with van der Waals surface area (Å²) in [4.78, 5) is 0. The maximum Gasteiger partial charge on any atom is 0.0886 e. The van der Waals surface area contributed by atoms with Crippen LogP contribution in [-0.2, 0) is 6.61 Å². The van der Waals surface area contributed by atoms with Gasteiger partial charge in [0.25, 0.3) is 0 Å². The molecule has 1 heterocycles. The van der Waals surface area contributed by atoms with Gasteiger partial charge in [-0.05, 0) is 36.6 Å². The summed E-state index contributed by atoms with van der Waals surface area (Å²) in [5.74, 6) is 0.330. The van der Waals surface area contributed by atoms with Gasteiger partial charge in [0.15, 0.2) is 0 Å². The van der Waals surface area contributed by atoms with Gasteiger partial charge in [0.1, 0.15) is 0 Å². The van der Waals surface area contributed by atoms with E-state index in [0.717, 1.165) is 22.0 Å². The molecule has 0 aliphatic heterocycles. The zero-order valence-corrected chi connectivity index (χ0v) is 11.6. The van der Waals surface area contributed by atoms with E-state index in [0.29, 0.717) is 11.6 Å². The smallest absolute Gasteiger partial charge is 0.0886 e. The first-order chi connectivity index (χ1) is 8.54. The molecule has 4 heteroatoms. The van der Waals surface area contributed by atoms with E-state index in [9.17, 15) is 5.11 Å². The van der Waals surface area contributed by atoms with Gasteiger partial charge in [-0.3, -0.25) is 0 Å². The molecule has 3 nitrogen and oxygen atoms in total. The Balaban J connectivity index is 2.62. The Hall–Kier alpha value is -1.32. The van der Waals surface area contributed by atoms with Gasteiger partial charge in [0.05, 0.1) is 18.0 Å². The van der Waals surface area contributed by atoms with Crippen molar-refractivity contribution in [3.63, 3.8) is 0 Å². The minimum absolute atomic E-state index is 0.0493. The van der Waals surface area contributed by atoms with Crippen LogP contribution in [0.25, 0.3) is 5.69 Å². The van der Waals surface area contributed by atoms with E-state index in [-0.39, 0.29) is 6.61 Å². The van der Waals surface area contributed by atoms with Crippen LogP contribution in [-0.4, -0.2) is 14.9 Å². The Morgan fingerprint density at radius 1 is 1.39 bits per heavy atom. The van der Waals surface area contributed by atoms with Crippen LogP contribution in [0.4, 0.5) is 0 Å². The zero-order valence-electron chi connectivity index (χ0n) is 10.8. The molecule has 0 spiro atoms. The molecule has 0 saturated heterocycles. The highest BCUT2D eigenvalue weighted by molar-refractivity contribution is 6.31. The summed E-state index contributed by atoms with van der Waals surface area (Å²) in [6.07, 6.45) is 0. The average molecular weight is 265 g/mol. The Bertz CT molecular complexity index is 561. The van der Waals surface area contributed by atoms with Gasteiger partial charge in [0.2, 0.25) is 0 Å². The Morgan fingerprint density at radius 3 is 2.72 bits per heavy atom. The first-order valence-corrected chi connectivity index (χ1v) is 6.37. The van der Waals surface area contributed by atoms with Gasteiger partial charge in [0, 0.05) is 10.7 Å². The first-order valence-electron chi connectivity index (χ1n) is 5.99. The molecule has 2 rings (SSSR count). The molecule has 0 aliphatic rings. The van der Waals surface area contributed by atoms with Gasteiger partial charge in [-0.25, -0.2) is 4.68 Å². The van der Waals surface area contributed by atoms with E-state index in [1.807, 2.05) is 35.9 Å². The second-order valence-corrected chi connectivity index (χ2v) is 5.08. The lowest BCUT2D eigenvalue weighted by atomic mass is 10.1. The number of benzene rings is 1. The van der Waals surface area contributed by atoms with Crippen LogP contribution in [0.2, 0.25) is 5.02 Å². The van der Waals surface area contributed by atoms with Gasteiger partial charge in [-0.15, -0.1) is 0 Å². The molecule has 96 valence electrons. The van der Waals surface area contributed by atoms with Gasteiger partial charge in [-0.1, -0.05) is 31.5 Å². The SMILES string of the molecule is Cc1c(Cl)cccc1-n1nc(CO)cc1C(C)C. The van der Waals surface area contributed by atoms with Crippen molar-refractivity contribution in [2.45, 2.75) is 33.3 Å². The monoisotopic (exact) mass is 264 g/mol. The number of halogens is 1. The van der Waals surface area contributed by atoms with Gasteiger partial charge >= 0.3 is 0 Å². The number of hydrogen-bond acceptors (Lipinski definition) is 2. The van der Waals surface area contributed by atoms with E-state index in [1.165, 1.54) is 0 Å². The average Bonchev–Trinajstić information content (AvgIpc) is 2.77. The van der Waals surface area contributed by atoms with Crippen molar-refractivity contribution >= 4 is 11.6 Å². The highest BCUT2D eigenvalue weighted by atomic mass is 35.5. The number of aliphatic hydroxyl groups excluding tert-OH is 1. The van der Waals surface area contributed by atoms with E-state index in [4.69, 9.17) is 11.6 Å². The quantitative estimate of drug-likeness (QED) is 0.922. The molecule has 0 aliphatic carbocycles. The molecule has 1 N–H and O–H groups in total. The third kappa shape index (κ3) is 2.28. The number of aromatic nitrogens is 2. The lowest BCUT2D eigenvalue weighted by molar-refractivity contribution is 0.276. The molecule has 0 saturated carbocycles. The standard InChI is InChI=1S/C14H17ClN2O/c1-9(2)14-7-11(8-18)16-17(14)13-6-4-5-12(15)10(13)3/h4-7,9,18H,8H2,1-3H3. The highest BCUT2D eigenvalue weighted by Gasteiger charge is 2.14. The van der Waals surface area contributed by atoms with Gasteiger partial charge in [-0.2, -0.15) is 5.10 Å². The van der Waals surface area contributed by atoms with Crippen molar-refractivity contribution in [3.05, 3.63) is 46.2 Å². The van der Waals surface area contributed by atoms with Crippen LogP contribution < -0.4 is 0 Å². The Kier molecular flexibility index (Phi) is 3.73. The van der Waals surface area contributed by atoms with Crippen LogP contribution in [0.1, 0.15) is 36.7 Å². The third-order valence-corrected chi connectivity index (χ3v) is 3.42. The molecule has 1 aromatic carbocycles. The zero-order chi connectivity index (χ0) is 13.3. The normalized spacial score (nSPS) is 11.2. The fourth-order valence-electron chi connectivity index (χ4n) is 1.95. The van der Waals surface area contributed by atoms with Crippen LogP contribution in [0.3, 0.4) is 0 Å². The summed E-state index contributed by atoms with van der Waals surface area (Å²) in [6.45, 7) is 6.14. The molecule has 1 aromatic heterocycles. The predicted octanol–water partition coefficient (Wildman–Crippen LogP) is 3.45. The summed E-state index contributed by atoms with van der Waals surface area (Å²) >= 11 is 6.15. The van der Waals surface area contributed by atoms with Crippen molar-refractivity contribution in [3.8, 4) is 5.69 Å². The van der Waals surface area contributed by atoms with Crippen molar-refractivity contribution in [1.29, 1.82) is 0 Å². The maximum atomic E-state index is 9.23. The van der Waals surface area contributed by atoms with E-state index in [1.54, 1.807) is 0 Å². The topological polar surface area (TPSA) is 38.0 Å².